The summed E-state index contributed by atoms with van der Waals surface area (Å²) in [7, 11) is 0. The van der Waals surface area contributed by atoms with E-state index in [1.165, 1.54) is 30.7 Å². The Kier molecular flexibility index (Phi) is 4.19. The van der Waals surface area contributed by atoms with Crippen molar-refractivity contribution in [2.45, 2.75) is 17.5 Å². The highest BCUT2D eigenvalue weighted by Crippen LogP contribution is 2.28. The average Bonchev–Trinajstić information content (AvgIpc) is 3.15. The second kappa shape index (κ2) is 6.27. The van der Waals surface area contributed by atoms with Gasteiger partial charge in [0.15, 0.2) is 5.76 Å². The van der Waals surface area contributed by atoms with Crippen molar-refractivity contribution < 1.29 is 17.6 Å². The molecule has 0 aliphatic rings. The molecule has 0 saturated heterocycles. The van der Waals surface area contributed by atoms with Crippen molar-refractivity contribution in [3.05, 3.63) is 54.5 Å². The highest BCUT2D eigenvalue weighted by atomic mass is 32.2. The molecule has 8 heteroatoms. The van der Waals surface area contributed by atoms with E-state index in [2.05, 4.69) is 9.97 Å². The second-order valence-corrected chi connectivity index (χ2v) is 5.24. The van der Waals surface area contributed by atoms with E-state index in [0.29, 0.717) is 16.5 Å². The maximum absolute atomic E-state index is 12.9. The molecule has 0 bridgehead atoms. The summed E-state index contributed by atoms with van der Waals surface area (Å²) in [5, 5.41) is 0.336. The van der Waals surface area contributed by atoms with Gasteiger partial charge in [0, 0.05) is 18.0 Å². The number of nitrogens with zero attached hydrogens (tertiary/aromatic N) is 3. The molecule has 3 aromatic rings. The minimum Gasteiger partial charge on any atom is -0.431 e. The van der Waals surface area contributed by atoms with Gasteiger partial charge in [0.25, 0.3) is 5.22 Å². The molecule has 0 radical (unpaired) electrons. The van der Waals surface area contributed by atoms with Crippen LogP contribution in [0.2, 0.25) is 0 Å². The normalized spacial score (nSPS) is 11.3. The third-order valence-electron chi connectivity index (χ3n) is 2.90. The summed E-state index contributed by atoms with van der Waals surface area (Å²) in [6.07, 6.45) is 4.05. The number of hydrogen-bond acceptors (Lipinski definition) is 4. The molecule has 0 fully saturated rings. The lowest BCUT2D eigenvalue weighted by Crippen LogP contribution is -2.01. The zero-order chi connectivity index (χ0) is 15.5. The number of rotatable bonds is 5. The van der Waals surface area contributed by atoms with Crippen molar-refractivity contribution in [2.24, 2.45) is 0 Å². The van der Waals surface area contributed by atoms with Gasteiger partial charge in [-0.05, 0) is 24.3 Å². The van der Waals surface area contributed by atoms with Crippen LogP contribution in [0.4, 0.5) is 13.2 Å². The van der Waals surface area contributed by atoms with E-state index >= 15 is 0 Å². The van der Waals surface area contributed by atoms with Crippen LogP contribution < -0.4 is 0 Å². The lowest BCUT2D eigenvalue weighted by atomic mass is 10.2. The average molecular weight is 325 g/mol. The SMILES string of the molecule is Fc1ccc(-c2cnc(SCc3nccn3C(F)F)o2)cc1. The van der Waals surface area contributed by atoms with E-state index in [-0.39, 0.29) is 17.4 Å². The quantitative estimate of drug-likeness (QED) is 0.654. The molecule has 2 heterocycles. The molecular weight excluding hydrogens is 315 g/mol. The van der Waals surface area contributed by atoms with Crippen LogP contribution in [0.1, 0.15) is 12.4 Å². The van der Waals surface area contributed by atoms with Gasteiger partial charge in [-0.1, -0.05) is 11.8 Å². The van der Waals surface area contributed by atoms with Crippen molar-refractivity contribution in [3.8, 4) is 11.3 Å². The molecular formula is C14H10F3N3OS. The Morgan fingerprint density at radius 1 is 1.18 bits per heavy atom. The molecule has 0 aliphatic carbocycles. The highest BCUT2D eigenvalue weighted by Gasteiger charge is 2.13. The lowest BCUT2D eigenvalue weighted by molar-refractivity contribution is 0.0678. The number of hydrogen-bond donors (Lipinski definition) is 0. The molecule has 0 unspecified atom stereocenters. The summed E-state index contributed by atoms with van der Waals surface area (Å²) in [5.74, 6) is 0.596. The number of alkyl halides is 2. The molecule has 114 valence electrons. The van der Waals surface area contributed by atoms with Gasteiger partial charge < -0.3 is 4.42 Å². The van der Waals surface area contributed by atoms with Gasteiger partial charge in [-0.15, -0.1) is 0 Å². The fourth-order valence-electron chi connectivity index (χ4n) is 1.83. The van der Waals surface area contributed by atoms with Gasteiger partial charge in [-0.25, -0.2) is 14.4 Å². The maximum atomic E-state index is 12.9. The molecule has 0 saturated carbocycles. The molecule has 2 aromatic heterocycles. The summed E-state index contributed by atoms with van der Waals surface area (Å²) in [6, 6.07) is 5.80. The number of halogens is 3. The van der Waals surface area contributed by atoms with E-state index < -0.39 is 6.55 Å². The van der Waals surface area contributed by atoms with Crippen LogP contribution in [0.25, 0.3) is 11.3 Å². The van der Waals surface area contributed by atoms with E-state index in [4.69, 9.17) is 4.42 Å². The predicted molar refractivity (Wildman–Crippen MR) is 74.9 cm³/mol. The van der Waals surface area contributed by atoms with Crippen LogP contribution in [-0.4, -0.2) is 14.5 Å². The first kappa shape index (κ1) is 14.7. The van der Waals surface area contributed by atoms with Crippen molar-refractivity contribution in [3.63, 3.8) is 0 Å². The number of oxazole rings is 1. The monoisotopic (exact) mass is 325 g/mol. The largest absolute Gasteiger partial charge is 0.431 e. The van der Waals surface area contributed by atoms with Crippen LogP contribution in [0, 0.1) is 5.82 Å². The minimum absolute atomic E-state index is 0.209. The molecule has 0 spiro atoms. The number of thioether (sulfide) groups is 1. The Morgan fingerprint density at radius 3 is 2.68 bits per heavy atom. The standard InChI is InChI=1S/C14H10F3N3OS/c15-10-3-1-9(2-4-10)11-7-19-14(21-11)22-8-12-18-5-6-20(12)13(16)17/h1-7,13H,8H2. The van der Waals surface area contributed by atoms with Crippen LogP contribution >= 0.6 is 11.8 Å². The summed E-state index contributed by atoms with van der Waals surface area (Å²) in [4.78, 5) is 7.95. The molecule has 3 rings (SSSR count). The van der Waals surface area contributed by atoms with E-state index in [0.717, 1.165) is 16.3 Å². The molecule has 0 amide bonds. The van der Waals surface area contributed by atoms with Gasteiger partial charge >= 0.3 is 6.55 Å². The smallest absolute Gasteiger partial charge is 0.319 e. The molecule has 0 N–H and O–H groups in total. The Hall–Kier alpha value is -2.22. The number of imidazole rings is 1. The first-order chi connectivity index (χ1) is 10.6. The van der Waals surface area contributed by atoms with Gasteiger partial charge in [-0.2, -0.15) is 8.78 Å². The van der Waals surface area contributed by atoms with Crippen LogP contribution in [-0.2, 0) is 5.75 Å². The first-order valence-electron chi connectivity index (χ1n) is 6.28. The Labute approximate surface area is 128 Å². The Morgan fingerprint density at radius 2 is 1.95 bits per heavy atom. The van der Waals surface area contributed by atoms with E-state index in [1.54, 1.807) is 12.1 Å². The summed E-state index contributed by atoms with van der Waals surface area (Å²) in [5.41, 5.74) is 0.690. The zero-order valence-electron chi connectivity index (χ0n) is 11.1. The highest BCUT2D eigenvalue weighted by molar-refractivity contribution is 7.98. The van der Waals surface area contributed by atoms with E-state index in [9.17, 15) is 13.2 Å². The van der Waals surface area contributed by atoms with Crippen molar-refractivity contribution in [1.82, 2.24) is 14.5 Å². The van der Waals surface area contributed by atoms with Crippen molar-refractivity contribution in [2.75, 3.05) is 0 Å². The maximum Gasteiger partial charge on any atom is 0.319 e. The van der Waals surface area contributed by atoms with Crippen molar-refractivity contribution >= 4 is 11.8 Å². The predicted octanol–water partition coefficient (Wildman–Crippen LogP) is 4.36. The fraction of sp³-hybridized carbons (Fsp3) is 0.143. The molecule has 0 atom stereocenters. The first-order valence-corrected chi connectivity index (χ1v) is 7.26. The fourth-order valence-corrected chi connectivity index (χ4v) is 2.58. The summed E-state index contributed by atoms with van der Waals surface area (Å²) in [6.45, 7) is -2.63. The number of aromatic nitrogens is 3. The number of benzene rings is 1. The van der Waals surface area contributed by atoms with Gasteiger partial charge in [0.05, 0.1) is 11.9 Å². The van der Waals surface area contributed by atoms with Gasteiger partial charge in [0.1, 0.15) is 11.6 Å². The Bertz CT molecular complexity index is 755. The molecule has 1 aromatic carbocycles. The third kappa shape index (κ3) is 3.16. The van der Waals surface area contributed by atoms with Gasteiger partial charge in [0.2, 0.25) is 0 Å². The van der Waals surface area contributed by atoms with Gasteiger partial charge in [-0.3, -0.25) is 4.57 Å². The zero-order valence-corrected chi connectivity index (χ0v) is 11.9. The molecule has 4 nitrogen and oxygen atoms in total. The van der Waals surface area contributed by atoms with Crippen molar-refractivity contribution in [1.29, 1.82) is 0 Å². The summed E-state index contributed by atoms with van der Waals surface area (Å²) < 4.78 is 44.5. The third-order valence-corrected chi connectivity index (χ3v) is 3.74. The topological polar surface area (TPSA) is 43.9 Å². The van der Waals surface area contributed by atoms with Crippen LogP contribution in [0.15, 0.2) is 52.5 Å². The van der Waals surface area contributed by atoms with Crippen LogP contribution in [0.5, 0.6) is 0 Å². The second-order valence-electron chi connectivity index (χ2n) is 4.31. The minimum atomic E-state index is -2.63. The molecule has 0 aliphatic heterocycles. The lowest BCUT2D eigenvalue weighted by Gasteiger charge is -2.04. The molecule has 22 heavy (non-hydrogen) atoms. The Balaban J connectivity index is 1.69. The van der Waals surface area contributed by atoms with Crippen LogP contribution in [0.3, 0.4) is 0 Å². The van der Waals surface area contributed by atoms with E-state index in [1.807, 2.05) is 0 Å². The summed E-state index contributed by atoms with van der Waals surface area (Å²) >= 11 is 1.16.